The monoisotopic (exact) mass is 184 g/mol. The Bertz CT molecular complexity index is 54.9. The molecule has 0 spiro atoms. The fraction of sp³-hybridized carbons (Fsp3) is 1.00. The van der Waals surface area contributed by atoms with Crippen LogP contribution in [0.2, 0.25) is 0 Å². The van der Waals surface area contributed by atoms with Crippen molar-refractivity contribution in [1.29, 1.82) is 0 Å². The van der Waals surface area contributed by atoms with Crippen LogP contribution in [-0.2, 0) is 9.37 Å². The molecular weight excluding hydrogens is 172 g/mol. The molecule has 0 unspecified atom stereocenters. The average molecular weight is 184 g/mol. The molecule has 0 amide bonds. The Morgan fingerprint density at radius 2 is 2.20 bits per heavy atom. The summed E-state index contributed by atoms with van der Waals surface area (Å²) in [5, 5.41) is 11.1. The summed E-state index contributed by atoms with van der Waals surface area (Å²) in [5.74, 6) is 3.15. The van der Waals surface area contributed by atoms with Crippen LogP contribution in [0, 0.1) is 0 Å². The molecule has 0 bridgehead atoms. The highest BCUT2D eigenvalue weighted by molar-refractivity contribution is 7.99. The second-order valence-electron chi connectivity index (χ2n) is 1.52. The maximum atomic E-state index is 7.72. The van der Waals surface area contributed by atoms with Gasteiger partial charge in [0.05, 0.1) is 0 Å². The predicted octanol–water partition coefficient (Wildman–Crippen LogP) is 2.20. The minimum absolute atomic E-state index is 0.855. The summed E-state index contributed by atoms with van der Waals surface area (Å²) in [6.07, 6.45) is 1.08. The first-order chi connectivity index (χ1) is 4.91. The van der Waals surface area contributed by atoms with Crippen LogP contribution in [0.25, 0.3) is 0 Å². The van der Waals surface area contributed by atoms with Gasteiger partial charge < -0.3 is 0 Å². The lowest BCUT2D eigenvalue weighted by molar-refractivity contribution is -0.432. The van der Waals surface area contributed by atoms with Crippen LogP contribution in [0.1, 0.15) is 13.3 Å². The average Bonchev–Trinajstić information content (AvgIpc) is 1.97. The minimum atomic E-state index is 0.855. The lowest BCUT2D eigenvalue weighted by Crippen LogP contribution is -1.86. The van der Waals surface area contributed by atoms with Crippen molar-refractivity contribution in [1.82, 2.24) is 0 Å². The van der Waals surface area contributed by atoms with E-state index in [2.05, 4.69) is 16.3 Å². The van der Waals surface area contributed by atoms with Crippen molar-refractivity contribution < 1.29 is 14.6 Å². The van der Waals surface area contributed by atoms with Crippen LogP contribution in [0.3, 0.4) is 0 Å². The molecule has 0 fully saturated rings. The van der Waals surface area contributed by atoms with Crippen molar-refractivity contribution in [2.24, 2.45) is 0 Å². The normalized spacial score (nSPS) is 10.2. The van der Waals surface area contributed by atoms with Crippen LogP contribution in [0.5, 0.6) is 0 Å². The Balaban J connectivity index is 2.65. The second-order valence-corrected chi connectivity index (χ2v) is 3.69. The van der Waals surface area contributed by atoms with Crippen molar-refractivity contribution in [3.05, 3.63) is 0 Å². The van der Waals surface area contributed by atoms with E-state index in [1.807, 2.05) is 11.8 Å². The molecule has 0 heterocycles. The maximum absolute atomic E-state index is 7.72. The van der Waals surface area contributed by atoms with E-state index in [1.54, 1.807) is 0 Å². The molecule has 62 valence electrons. The fourth-order valence-electron chi connectivity index (χ4n) is 0.420. The van der Waals surface area contributed by atoms with Gasteiger partial charge in [-0.25, -0.2) is 5.26 Å². The van der Waals surface area contributed by atoms with Gasteiger partial charge in [0, 0.05) is 17.8 Å². The largest absolute Gasteiger partial charge is 0.220 e. The Kier molecular flexibility index (Phi) is 10.1. The molecule has 0 aliphatic heterocycles. The molecule has 1 N–H and O–H groups in total. The highest BCUT2D eigenvalue weighted by Crippen LogP contribution is 2.07. The second kappa shape index (κ2) is 9.58. The van der Waals surface area contributed by atoms with Gasteiger partial charge in [-0.15, -0.1) is 4.33 Å². The van der Waals surface area contributed by atoms with Crippen LogP contribution in [0.4, 0.5) is 0 Å². The van der Waals surface area contributed by atoms with E-state index in [4.69, 9.17) is 5.26 Å². The van der Waals surface area contributed by atoms with Gasteiger partial charge in [0.25, 0.3) is 0 Å². The van der Waals surface area contributed by atoms with Crippen LogP contribution in [-0.4, -0.2) is 22.5 Å². The van der Waals surface area contributed by atoms with E-state index >= 15 is 0 Å². The van der Waals surface area contributed by atoms with Gasteiger partial charge in [0.15, 0.2) is 0 Å². The Hall–Kier alpha value is 0.580. The SMILES string of the molecule is CCSCCCSOOO. The first kappa shape index (κ1) is 10.6. The first-order valence-corrected chi connectivity index (χ1v) is 5.15. The van der Waals surface area contributed by atoms with E-state index in [9.17, 15) is 0 Å². The molecule has 0 aromatic rings. The molecule has 0 aromatic heterocycles. The number of thioether (sulfide) groups is 1. The standard InChI is InChI=1S/C5H12O3S2/c1-2-9-4-3-5-10-8-7-6/h6H,2-5H2,1H3. The third kappa shape index (κ3) is 8.58. The maximum Gasteiger partial charge on any atom is 0.0346 e. The number of hydrogen-bond acceptors (Lipinski definition) is 5. The molecule has 0 aliphatic carbocycles. The van der Waals surface area contributed by atoms with Crippen molar-refractivity contribution >= 4 is 23.8 Å². The molecule has 0 aliphatic rings. The van der Waals surface area contributed by atoms with Gasteiger partial charge in [0.1, 0.15) is 0 Å². The first-order valence-electron chi connectivity index (χ1n) is 3.09. The van der Waals surface area contributed by atoms with Crippen LogP contribution in [0.15, 0.2) is 0 Å². The van der Waals surface area contributed by atoms with Crippen LogP contribution >= 0.6 is 23.8 Å². The lowest BCUT2D eigenvalue weighted by atomic mass is 10.6. The molecule has 0 atom stereocenters. The van der Waals surface area contributed by atoms with Gasteiger partial charge >= 0.3 is 0 Å². The lowest BCUT2D eigenvalue weighted by Gasteiger charge is -1.96. The Labute approximate surface area is 69.5 Å². The molecule has 3 nitrogen and oxygen atoms in total. The predicted molar refractivity (Wildman–Crippen MR) is 44.9 cm³/mol. The molecule has 0 aromatic carbocycles. The van der Waals surface area contributed by atoms with Crippen molar-refractivity contribution in [3.63, 3.8) is 0 Å². The van der Waals surface area contributed by atoms with Gasteiger partial charge in [-0.05, 0) is 17.9 Å². The Morgan fingerprint density at radius 1 is 1.40 bits per heavy atom. The Morgan fingerprint density at radius 3 is 2.80 bits per heavy atom. The molecular formula is C5H12O3S2. The van der Waals surface area contributed by atoms with Gasteiger partial charge in [-0.1, -0.05) is 12.0 Å². The highest BCUT2D eigenvalue weighted by atomic mass is 32.2. The van der Waals surface area contributed by atoms with E-state index < -0.39 is 0 Å². The zero-order valence-corrected chi connectivity index (χ0v) is 7.54. The summed E-state index contributed by atoms with van der Waals surface area (Å²) in [6, 6.07) is 0. The summed E-state index contributed by atoms with van der Waals surface area (Å²) < 4.78 is 4.18. The molecule has 0 radical (unpaired) electrons. The molecule has 0 saturated heterocycles. The zero-order chi connectivity index (χ0) is 7.66. The molecule has 0 rings (SSSR count). The van der Waals surface area contributed by atoms with Crippen molar-refractivity contribution in [2.45, 2.75) is 13.3 Å². The van der Waals surface area contributed by atoms with E-state index in [1.165, 1.54) is 0 Å². The van der Waals surface area contributed by atoms with Gasteiger partial charge in [-0.2, -0.15) is 11.8 Å². The number of hydrogen-bond donors (Lipinski definition) is 1. The zero-order valence-electron chi connectivity index (χ0n) is 5.91. The topological polar surface area (TPSA) is 38.7 Å². The smallest absolute Gasteiger partial charge is 0.0346 e. The number of rotatable bonds is 7. The summed E-state index contributed by atoms with van der Waals surface area (Å²) >= 11 is 3.01. The summed E-state index contributed by atoms with van der Waals surface area (Å²) in [5.41, 5.74) is 0. The van der Waals surface area contributed by atoms with Crippen molar-refractivity contribution in [3.8, 4) is 0 Å². The minimum Gasteiger partial charge on any atom is -0.220 e. The molecule has 5 heteroatoms. The molecule has 10 heavy (non-hydrogen) atoms. The summed E-state index contributed by atoms with van der Waals surface area (Å²) in [6.45, 7) is 2.13. The van der Waals surface area contributed by atoms with Crippen molar-refractivity contribution in [2.75, 3.05) is 17.3 Å². The van der Waals surface area contributed by atoms with Crippen LogP contribution < -0.4 is 0 Å². The van der Waals surface area contributed by atoms with E-state index in [-0.39, 0.29) is 0 Å². The third-order valence-electron chi connectivity index (χ3n) is 0.799. The quantitative estimate of drug-likeness (QED) is 0.284. The van der Waals surface area contributed by atoms with Gasteiger partial charge in [-0.3, -0.25) is 0 Å². The summed E-state index contributed by atoms with van der Waals surface area (Å²) in [4.78, 5) is 0. The highest BCUT2D eigenvalue weighted by Gasteiger charge is 1.89. The van der Waals surface area contributed by atoms with Gasteiger partial charge in [0.2, 0.25) is 0 Å². The van der Waals surface area contributed by atoms with E-state index in [0.29, 0.717) is 0 Å². The fourth-order valence-corrected chi connectivity index (χ4v) is 1.61. The third-order valence-corrected chi connectivity index (χ3v) is 2.40. The summed E-state index contributed by atoms with van der Waals surface area (Å²) in [7, 11) is 0. The van der Waals surface area contributed by atoms with E-state index in [0.717, 1.165) is 35.7 Å². The molecule has 0 saturated carbocycles.